The van der Waals surface area contributed by atoms with Crippen molar-refractivity contribution in [3.8, 4) is 0 Å². The Balaban J connectivity index is 1.10. The number of nitrogens with one attached hydrogen (secondary N) is 4. The van der Waals surface area contributed by atoms with Crippen molar-refractivity contribution in [3.05, 3.63) is 0 Å². The van der Waals surface area contributed by atoms with Crippen LogP contribution in [0.25, 0.3) is 0 Å². The zero-order valence-corrected chi connectivity index (χ0v) is 54.2. The first kappa shape index (κ1) is 82.1. The molecular weight excluding hydrogens is 1370 g/mol. The number of rotatable bonds is 25. The molecule has 0 saturated carbocycles. The minimum absolute atomic E-state index is 0.782. The van der Waals surface area contributed by atoms with Crippen molar-refractivity contribution in [2.24, 2.45) is 0 Å². The van der Waals surface area contributed by atoms with Gasteiger partial charge in [-0.2, -0.15) is 0 Å². The Bertz CT molecular complexity index is 2620. The second-order valence-corrected chi connectivity index (χ2v) is 25.4. The highest BCUT2D eigenvalue weighted by molar-refractivity contribution is 5.74. The second kappa shape index (κ2) is 35.7. The largest absolute Gasteiger partial charge is 0.394 e. The van der Waals surface area contributed by atoms with Gasteiger partial charge in [0.2, 0.25) is 23.6 Å². The van der Waals surface area contributed by atoms with Crippen LogP contribution in [-0.2, 0) is 90.2 Å². The first-order valence-corrected chi connectivity index (χ1v) is 32.0. The van der Waals surface area contributed by atoms with E-state index in [1.807, 2.05) is 0 Å². The maximum atomic E-state index is 13.0. The molecule has 25 N–H and O–H groups in total. The number of carbonyl (C=O) groups is 4. The molecule has 578 valence electrons. The van der Waals surface area contributed by atoms with Crippen LogP contribution in [0.1, 0.15) is 34.6 Å². The van der Waals surface area contributed by atoms with Gasteiger partial charge < -0.3 is 200 Å². The van der Waals surface area contributed by atoms with Crippen LogP contribution in [-0.4, -0.2) is 423 Å². The minimum Gasteiger partial charge on any atom is -0.394 e. The van der Waals surface area contributed by atoms with E-state index in [2.05, 4.69) is 21.3 Å². The van der Waals surface area contributed by atoms with Gasteiger partial charge in [0.15, 0.2) is 50.3 Å². The molecule has 8 fully saturated rings. The molecule has 0 aromatic heterocycles. The summed E-state index contributed by atoms with van der Waals surface area (Å²) in [5.74, 6) is -3.43. The quantitative estimate of drug-likeness (QED) is 0.0404. The van der Waals surface area contributed by atoms with Crippen LogP contribution in [0.15, 0.2) is 0 Å². The Hall–Kier alpha value is -3.56. The van der Waals surface area contributed by atoms with Gasteiger partial charge in [-0.15, -0.1) is 0 Å². The molecule has 0 aromatic rings. The molecule has 4 amide bonds. The lowest BCUT2D eigenvalue weighted by Crippen LogP contribution is -2.71. The molecule has 8 saturated heterocycles. The fourth-order valence-corrected chi connectivity index (χ4v) is 12.8. The molecule has 44 heteroatoms. The van der Waals surface area contributed by atoms with Crippen LogP contribution in [0.4, 0.5) is 0 Å². The number of ether oxygens (including phenoxy) is 15. The van der Waals surface area contributed by atoms with E-state index in [9.17, 15) is 126 Å². The highest BCUT2D eigenvalue weighted by Crippen LogP contribution is 2.39. The third-order valence-electron chi connectivity index (χ3n) is 18.2. The molecule has 0 aliphatic carbocycles. The molecule has 44 nitrogen and oxygen atoms in total. The molecule has 0 spiro atoms. The fraction of sp³-hybridized carbons (Fsp3) is 0.929. The van der Waals surface area contributed by atoms with Crippen molar-refractivity contribution in [1.82, 2.24) is 21.3 Å². The molecule has 0 radical (unpaired) electrons. The smallest absolute Gasteiger partial charge is 0.217 e. The normalized spacial score (nSPS) is 48.7. The molecule has 8 heterocycles. The summed E-state index contributed by atoms with van der Waals surface area (Å²) in [5, 5.41) is 241. The summed E-state index contributed by atoms with van der Waals surface area (Å²) in [7, 11) is 0. The maximum absolute atomic E-state index is 13.0. The standard InChI is InChI=1S/C56H94N4O40/c1-13-29(70)38(79)41(82)53(88-13)87-12-24-46(35(76)25(49(85)89-24)57-14(2)66)97-51-27(59-16(4)68)37(78)45(22(10-65)93-51)98-55-43(84)47(33(74)23(95-55)11-86-54-42(83)39(80)31(72)19(7-62)91-54)99-56-48(40(81)32(73)20(8-63)92-56)100-52-28(60-17(5)69)36(77)44(21(9-64)94-52)96-50-26(58-15(3)67)34(75)30(71)18(6-61)90-50/h13,18-56,61-65,70-85H,6-12H2,1-5H3,(H,57,66)(H,58,67)(H,59,68)(H,60,69)/t13-,18-,19-,20-,21-,22-,23-,24-,25-,26-,27-,28-,29+,30+,31-,32-,33-,34-,35-,36-,37-,38+,39+,40+,41-,42+,43+,44-,45-,46-,47+,48+,49-,50+,51+,52+,53+,54+,55+,56-/m1/s1. The van der Waals surface area contributed by atoms with Crippen LogP contribution in [0, 0.1) is 0 Å². The Morgan fingerprint density at radius 2 is 0.610 bits per heavy atom. The summed E-state index contributed by atoms with van der Waals surface area (Å²) in [6, 6.07) is -7.14. The van der Waals surface area contributed by atoms with Gasteiger partial charge in [0.05, 0.1) is 52.4 Å². The van der Waals surface area contributed by atoms with Crippen LogP contribution in [0.5, 0.6) is 0 Å². The highest BCUT2D eigenvalue weighted by Gasteiger charge is 2.60. The van der Waals surface area contributed by atoms with Gasteiger partial charge in [-0.1, -0.05) is 0 Å². The van der Waals surface area contributed by atoms with Crippen molar-refractivity contribution in [3.63, 3.8) is 0 Å². The summed E-state index contributed by atoms with van der Waals surface area (Å²) in [5.41, 5.74) is 0. The summed E-state index contributed by atoms with van der Waals surface area (Å²) in [4.78, 5) is 50.5. The number of amides is 4. The van der Waals surface area contributed by atoms with Crippen molar-refractivity contribution in [2.75, 3.05) is 46.2 Å². The topological polar surface area (TPSA) is 680 Å². The summed E-state index contributed by atoms with van der Waals surface area (Å²) in [6.45, 7) is -1.77. The lowest BCUT2D eigenvalue weighted by atomic mass is 9.93. The van der Waals surface area contributed by atoms with Crippen molar-refractivity contribution < 1.29 is 197 Å². The maximum Gasteiger partial charge on any atom is 0.217 e. The molecule has 8 aliphatic heterocycles. The van der Waals surface area contributed by atoms with E-state index in [1.54, 1.807) is 0 Å². The molecule has 0 bridgehead atoms. The SMILES string of the molecule is CC(=O)N[C@@H]1[C@@H](O)[C@H](O[C@@H]2O[C@H](CO)[C@@H](O[C@@H]3O[C@H](CO[C@H]4O[C@H](CO)[C@@H](O)[C@H](O)[C@@H]4O)[C@@H](O)[C@H](O[C@H]4O[C@H](CO)[C@@H](O)[C@H](O)[C@@H]4O[C@@H]4O[C@H](CO)[C@@H](O[C@@H]5O[C@H](CO)[C@H](O)[C@H](O)[C@H]5NC(C)=O)[C@H](O)[C@H]4NC(C)=O)[C@@H]3O)[C@H](O)[C@H]2NC(C)=O)[C@@H](CO[C@H]2O[C@H](C)[C@H](O)[C@H](O)[C@H]2O)O[C@H]1O. The van der Waals surface area contributed by atoms with Gasteiger partial charge in [0.1, 0.15) is 189 Å². The average molecular weight is 1460 g/mol. The van der Waals surface area contributed by atoms with Crippen LogP contribution in [0.3, 0.4) is 0 Å². The lowest BCUT2D eigenvalue weighted by Gasteiger charge is -2.51. The Kier molecular flexibility index (Phi) is 29.3. The number of carbonyl (C=O) groups excluding carboxylic acids is 4. The van der Waals surface area contributed by atoms with Gasteiger partial charge in [-0.25, -0.2) is 0 Å². The van der Waals surface area contributed by atoms with E-state index in [1.165, 1.54) is 6.92 Å². The number of hydrogen-bond donors (Lipinski definition) is 25. The number of aliphatic hydroxyl groups excluding tert-OH is 21. The monoisotopic (exact) mass is 1460 g/mol. The van der Waals surface area contributed by atoms with E-state index in [-0.39, 0.29) is 0 Å². The van der Waals surface area contributed by atoms with Gasteiger partial charge in [0, 0.05) is 27.7 Å². The first-order valence-electron chi connectivity index (χ1n) is 32.0. The van der Waals surface area contributed by atoms with E-state index in [4.69, 9.17) is 71.1 Å². The average Bonchev–Trinajstić information content (AvgIpc) is 0.769. The number of aliphatic hydroxyl groups is 21. The summed E-state index contributed by atoms with van der Waals surface area (Å²) >= 11 is 0. The third kappa shape index (κ3) is 18.3. The predicted molar refractivity (Wildman–Crippen MR) is 309 cm³/mol. The second-order valence-electron chi connectivity index (χ2n) is 25.4. The molecule has 8 aliphatic rings. The molecule has 8 rings (SSSR count). The van der Waals surface area contributed by atoms with Gasteiger partial charge in [0.25, 0.3) is 0 Å². The van der Waals surface area contributed by atoms with Crippen LogP contribution in [0.2, 0.25) is 0 Å². The molecule has 0 unspecified atom stereocenters. The Labute approximate surface area is 567 Å². The van der Waals surface area contributed by atoms with E-state index in [0.29, 0.717) is 0 Å². The molecule has 40 atom stereocenters. The molecule has 0 aromatic carbocycles. The highest BCUT2D eigenvalue weighted by atomic mass is 16.8. The minimum atomic E-state index is -2.48. The Morgan fingerprint density at radius 3 is 1.08 bits per heavy atom. The van der Waals surface area contributed by atoms with Gasteiger partial charge in [-0.3, -0.25) is 19.2 Å². The van der Waals surface area contributed by atoms with E-state index >= 15 is 0 Å². The van der Waals surface area contributed by atoms with Crippen molar-refractivity contribution >= 4 is 23.6 Å². The van der Waals surface area contributed by atoms with E-state index < -0.39 is 315 Å². The van der Waals surface area contributed by atoms with Crippen molar-refractivity contribution in [2.45, 2.75) is 280 Å². The third-order valence-corrected chi connectivity index (χ3v) is 18.2. The van der Waals surface area contributed by atoms with Crippen LogP contribution < -0.4 is 21.3 Å². The number of hydrogen-bond acceptors (Lipinski definition) is 40. The zero-order chi connectivity index (χ0) is 73.8. The van der Waals surface area contributed by atoms with Crippen LogP contribution >= 0.6 is 0 Å². The van der Waals surface area contributed by atoms with Gasteiger partial charge >= 0.3 is 0 Å². The lowest BCUT2D eigenvalue weighted by molar-refractivity contribution is -0.396. The van der Waals surface area contributed by atoms with Crippen molar-refractivity contribution in [1.29, 1.82) is 0 Å². The van der Waals surface area contributed by atoms with E-state index in [0.717, 1.165) is 27.7 Å². The molecule has 100 heavy (non-hydrogen) atoms. The predicted octanol–water partition coefficient (Wildman–Crippen LogP) is -16.8. The Morgan fingerprint density at radius 1 is 0.280 bits per heavy atom. The fourth-order valence-electron chi connectivity index (χ4n) is 12.8. The summed E-state index contributed by atoms with van der Waals surface area (Å²) < 4.78 is 88.4. The first-order chi connectivity index (χ1) is 47.2. The van der Waals surface area contributed by atoms with Gasteiger partial charge in [-0.05, 0) is 6.92 Å². The summed E-state index contributed by atoms with van der Waals surface area (Å²) in [6.07, 6.45) is -70.9. The zero-order valence-electron chi connectivity index (χ0n) is 54.2. The molecular formula is C56H94N4O40.